The molecule has 2 aromatic rings. The number of likely N-dealkylation sites (N-methyl/N-ethyl adjacent to an activating group) is 1. The van der Waals surface area contributed by atoms with Crippen LogP contribution in [0, 0.1) is 11.6 Å². The molecule has 4 nitrogen and oxygen atoms in total. The lowest BCUT2D eigenvalue weighted by atomic mass is 10.2. The second kappa shape index (κ2) is 8.40. The molecule has 0 bridgehead atoms. The molecule has 0 heterocycles. The first kappa shape index (κ1) is 17.9. The van der Waals surface area contributed by atoms with Crippen molar-refractivity contribution in [2.45, 2.75) is 13.5 Å². The number of ether oxygens (including phenoxy) is 1. The minimum absolute atomic E-state index is 0.131. The van der Waals surface area contributed by atoms with Gasteiger partial charge in [0.1, 0.15) is 5.75 Å². The van der Waals surface area contributed by atoms with Gasteiger partial charge in [-0.3, -0.25) is 9.69 Å². The van der Waals surface area contributed by atoms with Crippen molar-refractivity contribution in [3.05, 3.63) is 59.7 Å². The Bertz CT molecular complexity index is 690. The molecule has 2 aromatic carbocycles. The fourth-order valence-corrected chi connectivity index (χ4v) is 2.24. The van der Waals surface area contributed by atoms with E-state index in [9.17, 15) is 13.6 Å². The quantitative estimate of drug-likeness (QED) is 0.843. The summed E-state index contributed by atoms with van der Waals surface area (Å²) in [6, 6.07) is 10.9. The van der Waals surface area contributed by atoms with Crippen LogP contribution >= 0.6 is 0 Å². The highest BCUT2D eigenvalue weighted by atomic mass is 19.2. The lowest BCUT2D eigenvalue weighted by Gasteiger charge is -2.16. The molecular weight excluding hydrogens is 314 g/mol. The van der Waals surface area contributed by atoms with E-state index in [1.807, 2.05) is 36.1 Å². The zero-order valence-electron chi connectivity index (χ0n) is 13.7. The minimum atomic E-state index is -0.990. The molecular formula is C18H20F2N2O2. The predicted molar refractivity (Wildman–Crippen MR) is 88.9 cm³/mol. The minimum Gasteiger partial charge on any atom is -0.494 e. The van der Waals surface area contributed by atoms with Crippen LogP contribution in [0.15, 0.2) is 42.5 Å². The number of rotatable bonds is 7. The molecule has 0 unspecified atom stereocenters. The highest BCUT2D eigenvalue weighted by molar-refractivity contribution is 5.92. The molecule has 24 heavy (non-hydrogen) atoms. The zero-order chi connectivity index (χ0) is 17.5. The number of carbonyl (C=O) groups is 1. The van der Waals surface area contributed by atoms with Gasteiger partial charge in [0, 0.05) is 18.3 Å². The van der Waals surface area contributed by atoms with Crippen LogP contribution in [0.1, 0.15) is 12.5 Å². The molecule has 2 rings (SSSR count). The van der Waals surface area contributed by atoms with Gasteiger partial charge in [-0.2, -0.15) is 0 Å². The van der Waals surface area contributed by atoms with E-state index < -0.39 is 11.6 Å². The molecule has 0 aromatic heterocycles. The first-order valence-corrected chi connectivity index (χ1v) is 7.63. The number of amides is 1. The largest absolute Gasteiger partial charge is 0.494 e. The summed E-state index contributed by atoms with van der Waals surface area (Å²) in [5, 5.41) is 2.55. The fraction of sp³-hybridized carbons (Fsp3) is 0.278. The molecule has 0 aliphatic rings. The van der Waals surface area contributed by atoms with Gasteiger partial charge in [0.15, 0.2) is 11.6 Å². The van der Waals surface area contributed by atoms with Crippen molar-refractivity contribution in [1.29, 1.82) is 0 Å². The van der Waals surface area contributed by atoms with E-state index in [1.165, 1.54) is 6.07 Å². The maximum Gasteiger partial charge on any atom is 0.238 e. The van der Waals surface area contributed by atoms with Crippen molar-refractivity contribution in [3.8, 4) is 5.75 Å². The van der Waals surface area contributed by atoms with E-state index in [2.05, 4.69) is 5.32 Å². The first-order chi connectivity index (χ1) is 11.5. The Hall–Kier alpha value is -2.47. The monoisotopic (exact) mass is 334 g/mol. The molecule has 0 atom stereocenters. The van der Waals surface area contributed by atoms with Gasteiger partial charge in [0.05, 0.1) is 13.2 Å². The molecule has 0 saturated heterocycles. The lowest BCUT2D eigenvalue weighted by molar-refractivity contribution is -0.117. The van der Waals surface area contributed by atoms with Gasteiger partial charge in [0.2, 0.25) is 5.91 Å². The third-order valence-electron chi connectivity index (χ3n) is 3.30. The molecule has 128 valence electrons. The van der Waals surface area contributed by atoms with Gasteiger partial charge in [-0.05, 0) is 43.8 Å². The van der Waals surface area contributed by atoms with E-state index in [1.54, 1.807) is 7.05 Å². The average Bonchev–Trinajstić information content (AvgIpc) is 2.53. The van der Waals surface area contributed by atoms with Crippen molar-refractivity contribution in [1.82, 2.24) is 4.90 Å². The van der Waals surface area contributed by atoms with Crippen LogP contribution in [0.3, 0.4) is 0 Å². The van der Waals surface area contributed by atoms with Gasteiger partial charge in [-0.25, -0.2) is 8.78 Å². The number of hydrogen-bond acceptors (Lipinski definition) is 3. The molecule has 0 saturated carbocycles. The summed E-state index contributed by atoms with van der Waals surface area (Å²) in [6.07, 6.45) is 0. The summed E-state index contributed by atoms with van der Waals surface area (Å²) >= 11 is 0. The summed E-state index contributed by atoms with van der Waals surface area (Å²) in [4.78, 5) is 13.8. The Balaban J connectivity index is 1.85. The van der Waals surface area contributed by atoms with Gasteiger partial charge >= 0.3 is 0 Å². The van der Waals surface area contributed by atoms with Crippen molar-refractivity contribution < 1.29 is 18.3 Å². The SMILES string of the molecule is CCOc1ccc(CN(C)CC(=O)Nc2ccc(F)c(F)c2)cc1. The van der Waals surface area contributed by atoms with Gasteiger partial charge < -0.3 is 10.1 Å². The lowest BCUT2D eigenvalue weighted by Crippen LogP contribution is -2.29. The third-order valence-corrected chi connectivity index (χ3v) is 3.30. The van der Waals surface area contributed by atoms with Gasteiger partial charge in [-0.1, -0.05) is 12.1 Å². The Morgan fingerprint density at radius 1 is 1.12 bits per heavy atom. The molecule has 0 aliphatic heterocycles. The summed E-state index contributed by atoms with van der Waals surface area (Å²) < 4.78 is 31.4. The average molecular weight is 334 g/mol. The Morgan fingerprint density at radius 3 is 2.46 bits per heavy atom. The second-order valence-corrected chi connectivity index (χ2v) is 5.43. The summed E-state index contributed by atoms with van der Waals surface area (Å²) in [7, 11) is 1.81. The molecule has 1 amide bonds. The Kier molecular flexibility index (Phi) is 6.26. The van der Waals surface area contributed by atoms with Gasteiger partial charge in [0.25, 0.3) is 0 Å². The van der Waals surface area contributed by atoms with E-state index in [0.717, 1.165) is 23.4 Å². The van der Waals surface area contributed by atoms with Crippen LogP contribution in [0.5, 0.6) is 5.75 Å². The first-order valence-electron chi connectivity index (χ1n) is 7.63. The van der Waals surface area contributed by atoms with Crippen LogP contribution in [-0.4, -0.2) is 31.0 Å². The van der Waals surface area contributed by atoms with Crippen molar-refractivity contribution in [2.75, 3.05) is 25.5 Å². The van der Waals surface area contributed by atoms with E-state index in [0.29, 0.717) is 13.2 Å². The van der Waals surface area contributed by atoms with Crippen molar-refractivity contribution in [2.24, 2.45) is 0 Å². The number of carbonyl (C=O) groups excluding carboxylic acids is 1. The number of nitrogens with one attached hydrogen (secondary N) is 1. The number of halogens is 2. The number of nitrogens with zero attached hydrogens (tertiary/aromatic N) is 1. The van der Waals surface area contributed by atoms with Crippen LogP contribution < -0.4 is 10.1 Å². The molecule has 0 spiro atoms. The molecule has 1 N–H and O–H groups in total. The highest BCUT2D eigenvalue weighted by Gasteiger charge is 2.09. The van der Waals surface area contributed by atoms with Crippen LogP contribution in [0.25, 0.3) is 0 Å². The second-order valence-electron chi connectivity index (χ2n) is 5.43. The van der Waals surface area contributed by atoms with Gasteiger partial charge in [-0.15, -0.1) is 0 Å². The summed E-state index contributed by atoms with van der Waals surface area (Å²) in [5.74, 6) is -1.43. The maximum atomic E-state index is 13.1. The third kappa shape index (κ3) is 5.31. The van der Waals surface area contributed by atoms with E-state index in [4.69, 9.17) is 4.74 Å². The standard InChI is InChI=1S/C18H20F2N2O2/c1-3-24-15-7-4-13(5-8-15)11-22(2)12-18(23)21-14-6-9-16(19)17(20)10-14/h4-10H,3,11-12H2,1-2H3,(H,21,23). The number of anilines is 1. The predicted octanol–water partition coefficient (Wildman–Crippen LogP) is 3.43. The normalized spacial score (nSPS) is 10.7. The highest BCUT2D eigenvalue weighted by Crippen LogP contribution is 2.14. The Labute approximate surface area is 140 Å². The number of hydrogen-bond donors (Lipinski definition) is 1. The van der Waals surface area contributed by atoms with E-state index in [-0.39, 0.29) is 18.1 Å². The molecule has 0 radical (unpaired) electrons. The van der Waals surface area contributed by atoms with Crippen LogP contribution in [-0.2, 0) is 11.3 Å². The zero-order valence-corrected chi connectivity index (χ0v) is 13.7. The fourth-order valence-electron chi connectivity index (χ4n) is 2.24. The summed E-state index contributed by atoms with van der Waals surface area (Å²) in [5.41, 5.74) is 1.27. The van der Waals surface area contributed by atoms with Crippen molar-refractivity contribution in [3.63, 3.8) is 0 Å². The molecule has 6 heteroatoms. The smallest absolute Gasteiger partial charge is 0.238 e. The van der Waals surface area contributed by atoms with Crippen LogP contribution in [0.2, 0.25) is 0 Å². The Morgan fingerprint density at radius 2 is 1.83 bits per heavy atom. The molecule has 0 fully saturated rings. The van der Waals surface area contributed by atoms with Crippen molar-refractivity contribution >= 4 is 11.6 Å². The topological polar surface area (TPSA) is 41.6 Å². The maximum absolute atomic E-state index is 13.1. The number of benzene rings is 2. The van der Waals surface area contributed by atoms with E-state index >= 15 is 0 Å². The molecule has 0 aliphatic carbocycles. The summed E-state index contributed by atoms with van der Waals surface area (Å²) in [6.45, 7) is 3.25. The van der Waals surface area contributed by atoms with Crippen LogP contribution in [0.4, 0.5) is 14.5 Å².